The minimum absolute atomic E-state index is 0.355. The van der Waals surface area contributed by atoms with Crippen LogP contribution < -0.4 is 4.74 Å². The third kappa shape index (κ3) is 2.68. The molecule has 1 aromatic rings. The number of hydrogen-bond acceptors (Lipinski definition) is 4. The standard InChI is InChI=1S/C11H14N2O3/c14-10(15)7-16-9-5-12-11(13-6-9)8-3-1-2-4-8/h5-6,8H,1-4,7H2,(H,14,15). The van der Waals surface area contributed by atoms with Crippen molar-refractivity contribution in [1.82, 2.24) is 9.97 Å². The minimum atomic E-state index is -1.00. The first-order valence-electron chi connectivity index (χ1n) is 5.42. The van der Waals surface area contributed by atoms with Crippen LogP contribution >= 0.6 is 0 Å². The number of carboxylic acid groups (broad SMARTS) is 1. The first-order valence-corrected chi connectivity index (χ1v) is 5.42. The molecule has 1 saturated carbocycles. The Bertz CT molecular complexity index is 358. The van der Waals surface area contributed by atoms with Crippen molar-refractivity contribution in [2.75, 3.05) is 6.61 Å². The Balaban J connectivity index is 1.95. The molecule has 0 amide bonds. The molecule has 1 N–H and O–H groups in total. The largest absolute Gasteiger partial charge is 0.479 e. The van der Waals surface area contributed by atoms with Crippen LogP contribution in [0.5, 0.6) is 5.75 Å². The Hall–Kier alpha value is -1.65. The molecule has 86 valence electrons. The fourth-order valence-corrected chi connectivity index (χ4v) is 1.94. The highest BCUT2D eigenvalue weighted by atomic mass is 16.5. The van der Waals surface area contributed by atoms with Gasteiger partial charge in [0.15, 0.2) is 12.4 Å². The van der Waals surface area contributed by atoms with Crippen LogP contribution in [0.4, 0.5) is 0 Å². The predicted octanol–water partition coefficient (Wildman–Crippen LogP) is 1.60. The van der Waals surface area contributed by atoms with Crippen molar-refractivity contribution in [2.24, 2.45) is 0 Å². The molecule has 0 atom stereocenters. The Labute approximate surface area is 93.5 Å². The average molecular weight is 222 g/mol. The zero-order valence-corrected chi connectivity index (χ0v) is 8.93. The van der Waals surface area contributed by atoms with Crippen molar-refractivity contribution >= 4 is 5.97 Å². The molecular formula is C11H14N2O3. The fourth-order valence-electron chi connectivity index (χ4n) is 1.94. The van der Waals surface area contributed by atoms with Gasteiger partial charge in [-0.2, -0.15) is 0 Å². The summed E-state index contributed by atoms with van der Waals surface area (Å²) in [6, 6.07) is 0. The summed E-state index contributed by atoms with van der Waals surface area (Å²) in [5.74, 6) is 0.720. The maximum Gasteiger partial charge on any atom is 0.341 e. The maximum atomic E-state index is 10.3. The SMILES string of the molecule is O=C(O)COc1cnc(C2CCCC2)nc1. The normalized spacial score (nSPS) is 16.2. The summed E-state index contributed by atoms with van der Waals surface area (Å²) in [4.78, 5) is 18.7. The van der Waals surface area contributed by atoms with Gasteiger partial charge in [0.1, 0.15) is 5.82 Å². The Morgan fingerprint density at radius 3 is 2.56 bits per heavy atom. The van der Waals surface area contributed by atoms with Gasteiger partial charge in [0.2, 0.25) is 0 Å². The fraction of sp³-hybridized carbons (Fsp3) is 0.545. The van der Waals surface area contributed by atoms with Crippen LogP contribution in [0, 0.1) is 0 Å². The second-order valence-corrected chi connectivity index (χ2v) is 3.94. The zero-order chi connectivity index (χ0) is 11.4. The molecule has 0 unspecified atom stereocenters. The molecule has 1 heterocycles. The van der Waals surface area contributed by atoms with E-state index in [1.807, 2.05) is 0 Å². The van der Waals surface area contributed by atoms with Crippen LogP contribution in [0.3, 0.4) is 0 Å². The molecule has 0 radical (unpaired) electrons. The molecule has 0 aliphatic heterocycles. The molecule has 2 rings (SSSR count). The van der Waals surface area contributed by atoms with E-state index in [-0.39, 0.29) is 6.61 Å². The summed E-state index contributed by atoms with van der Waals surface area (Å²) in [5.41, 5.74) is 0. The van der Waals surface area contributed by atoms with E-state index in [0.29, 0.717) is 11.7 Å². The number of ether oxygens (including phenoxy) is 1. The monoisotopic (exact) mass is 222 g/mol. The Kier molecular flexibility index (Phi) is 3.34. The molecule has 5 nitrogen and oxygen atoms in total. The van der Waals surface area contributed by atoms with Gasteiger partial charge in [0.25, 0.3) is 0 Å². The van der Waals surface area contributed by atoms with Crippen LogP contribution in [0.25, 0.3) is 0 Å². The number of aromatic nitrogens is 2. The number of carbonyl (C=O) groups is 1. The van der Waals surface area contributed by atoms with E-state index in [0.717, 1.165) is 18.7 Å². The first kappa shape index (κ1) is 10.9. The Morgan fingerprint density at radius 1 is 1.38 bits per heavy atom. The van der Waals surface area contributed by atoms with Gasteiger partial charge in [0.05, 0.1) is 12.4 Å². The van der Waals surface area contributed by atoms with Crippen LogP contribution in [-0.2, 0) is 4.79 Å². The predicted molar refractivity (Wildman–Crippen MR) is 56.4 cm³/mol. The van der Waals surface area contributed by atoms with Crippen molar-refractivity contribution < 1.29 is 14.6 Å². The molecule has 0 aromatic carbocycles. The highest BCUT2D eigenvalue weighted by Crippen LogP contribution is 2.31. The molecule has 1 aromatic heterocycles. The zero-order valence-electron chi connectivity index (χ0n) is 8.93. The van der Waals surface area contributed by atoms with Gasteiger partial charge in [-0.05, 0) is 12.8 Å². The van der Waals surface area contributed by atoms with E-state index in [4.69, 9.17) is 9.84 Å². The third-order valence-electron chi connectivity index (χ3n) is 2.73. The average Bonchev–Trinajstić information content (AvgIpc) is 2.80. The lowest BCUT2D eigenvalue weighted by atomic mass is 10.1. The van der Waals surface area contributed by atoms with E-state index >= 15 is 0 Å². The molecule has 0 spiro atoms. The quantitative estimate of drug-likeness (QED) is 0.837. The van der Waals surface area contributed by atoms with Crippen molar-refractivity contribution in [3.63, 3.8) is 0 Å². The van der Waals surface area contributed by atoms with Crippen LogP contribution in [0.2, 0.25) is 0 Å². The Morgan fingerprint density at radius 2 is 2.00 bits per heavy atom. The first-order chi connectivity index (χ1) is 7.75. The third-order valence-corrected chi connectivity index (χ3v) is 2.73. The van der Waals surface area contributed by atoms with Crippen molar-refractivity contribution in [2.45, 2.75) is 31.6 Å². The lowest BCUT2D eigenvalue weighted by Crippen LogP contribution is -2.10. The minimum Gasteiger partial charge on any atom is -0.479 e. The van der Waals surface area contributed by atoms with Crippen molar-refractivity contribution in [1.29, 1.82) is 0 Å². The van der Waals surface area contributed by atoms with E-state index in [1.54, 1.807) is 12.4 Å². The highest BCUT2D eigenvalue weighted by Gasteiger charge is 2.19. The molecule has 0 saturated heterocycles. The topological polar surface area (TPSA) is 72.3 Å². The number of hydrogen-bond donors (Lipinski definition) is 1. The molecule has 5 heteroatoms. The van der Waals surface area contributed by atoms with Crippen LogP contribution in [0.1, 0.15) is 37.4 Å². The van der Waals surface area contributed by atoms with Crippen LogP contribution in [-0.4, -0.2) is 27.7 Å². The number of rotatable bonds is 4. The van der Waals surface area contributed by atoms with Gasteiger partial charge >= 0.3 is 5.97 Å². The number of carboxylic acids is 1. The summed E-state index contributed by atoms with van der Waals surface area (Å²) >= 11 is 0. The smallest absolute Gasteiger partial charge is 0.341 e. The van der Waals surface area contributed by atoms with E-state index in [2.05, 4.69) is 9.97 Å². The van der Waals surface area contributed by atoms with Gasteiger partial charge in [-0.15, -0.1) is 0 Å². The molecule has 1 aliphatic carbocycles. The second kappa shape index (κ2) is 4.92. The van der Waals surface area contributed by atoms with Gasteiger partial charge in [0, 0.05) is 5.92 Å². The lowest BCUT2D eigenvalue weighted by molar-refractivity contribution is -0.139. The molecule has 16 heavy (non-hydrogen) atoms. The molecule has 0 bridgehead atoms. The summed E-state index contributed by atoms with van der Waals surface area (Å²) in [6.45, 7) is -0.355. The van der Waals surface area contributed by atoms with Gasteiger partial charge in [-0.3, -0.25) is 0 Å². The number of aliphatic carboxylic acids is 1. The van der Waals surface area contributed by atoms with Crippen LogP contribution in [0.15, 0.2) is 12.4 Å². The maximum absolute atomic E-state index is 10.3. The molecule has 1 aliphatic rings. The van der Waals surface area contributed by atoms with E-state index in [9.17, 15) is 4.79 Å². The van der Waals surface area contributed by atoms with Gasteiger partial charge < -0.3 is 9.84 Å². The van der Waals surface area contributed by atoms with Crippen molar-refractivity contribution in [3.05, 3.63) is 18.2 Å². The van der Waals surface area contributed by atoms with Crippen molar-refractivity contribution in [3.8, 4) is 5.75 Å². The van der Waals surface area contributed by atoms with E-state index in [1.165, 1.54) is 12.8 Å². The molecular weight excluding hydrogens is 208 g/mol. The summed E-state index contributed by atoms with van der Waals surface area (Å²) in [5, 5.41) is 8.44. The number of nitrogens with zero attached hydrogens (tertiary/aromatic N) is 2. The summed E-state index contributed by atoms with van der Waals surface area (Å²) in [6.07, 6.45) is 7.87. The van der Waals surface area contributed by atoms with E-state index < -0.39 is 5.97 Å². The lowest BCUT2D eigenvalue weighted by Gasteiger charge is -2.07. The summed E-state index contributed by atoms with van der Waals surface area (Å²) < 4.78 is 4.96. The van der Waals surface area contributed by atoms with Gasteiger partial charge in [-0.25, -0.2) is 14.8 Å². The second-order valence-electron chi connectivity index (χ2n) is 3.94. The van der Waals surface area contributed by atoms with Gasteiger partial charge in [-0.1, -0.05) is 12.8 Å². The highest BCUT2D eigenvalue weighted by molar-refractivity contribution is 5.68. The molecule has 1 fully saturated rings. The summed E-state index contributed by atoms with van der Waals surface area (Å²) in [7, 11) is 0.